The monoisotopic (exact) mass is 404 g/mol. The first kappa shape index (κ1) is 19.7. The molecule has 0 radical (unpaired) electrons. The summed E-state index contributed by atoms with van der Waals surface area (Å²) in [6.45, 7) is 4.66. The van der Waals surface area contributed by atoms with Gasteiger partial charge in [0.1, 0.15) is 0 Å². The highest BCUT2D eigenvalue weighted by molar-refractivity contribution is 5.78. The molecule has 2 unspecified atom stereocenters. The van der Waals surface area contributed by atoms with Gasteiger partial charge in [-0.3, -0.25) is 9.59 Å². The highest BCUT2D eigenvalue weighted by Crippen LogP contribution is 2.50. The van der Waals surface area contributed by atoms with Gasteiger partial charge < -0.3 is 9.47 Å². The Hall–Kier alpha value is -2.57. The number of amides is 1. The van der Waals surface area contributed by atoms with Crippen LogP contribution in [0.4, 0.5) is 13.2 Å². The van der Waals surface area contributed by atoms with Crippen molar-refractivity contribution in [2.45, 2.75) is 51.9 Å². The van der Waals surface area contributed by atoms with Crippen molar-refractivity contribution >= 4 is 5.91 Å². The van der Waals surface area contributed by atoms with Crippen molar-refractivity contribution in [2.24, 2.45) is 13.0 Å². The molecule has 2 aliphatic rings. The SMILES string of the molecule is Cc1c2c(n(C)c(=O)c1C)CN(C(=O)CC1CC1c1ccc(C(F)(F)F)cc1)C2. The van der Waals surface area contributed by atoms with Crippen molar-refractivity contribution < 1.29 is 18.0 Å². The molecule has 1 aromatic heterocycles. The smallest absolute Gasteiger partial charge is 0.332 e. The molecule has 0 bridgehead atoms. The van der Waals surface area contributed by atoms with E-state index in [9.17, 15) is 22.8 Å². The van der Waals surface area contributed by atoms with Crippen molar-refractivity contribution in [3.05, 3.63) is 68.1 Å². The van der Waals surface area contributed by atoms with Crippen LogP contribution in [-0.2, 0) is 31.1 Å². The summed E-state index contributed by atoms with van der Waals surface area (Å²) in [5, 5.41) is 0. The molecule has 1 aliphatic carbocycles. The quantitative estimate of drug-likeness (QED) is 0.774. The summed E-state index contributed by atoms with van der Waals surface area (Å²) in [6, 6.07) is 5.25. The number of aromatic nitrogens is 1. The summed E-state index contributed by atoms with van der Waals surface area (Å²) in [5.74, 6) is 0.333. The Bertz CT molecular complexity index is 1040. The number of alkyl halides is 3. The van der Waals surface area contributed by atoms with Crippen LogP contribution in [0, 0.1) is 19.8 Å². The van der Waals surface area contributed by atoms with Crippen molar-refractivity contribution in [1.82, 2.24) is 9.47 Å². The number of fused-ring (bicyclic) bond motifs is 1. The zero-order chi connectivity index (χ0) is 21.1. The van der Waals surface area contributed by atoms with Gasteiger partial charge in [0.05, 0.1) is 12.1 Å². The minimum Gasteiger partial charge on any atom is -0.332 e. The number of nitrogens with zero attached hydrogens (tertiary/aromatic N) is 2. The topological polar surface area (TPSA) is 42.3 Å². The van der Waals surface area contributed by atoms with E-state index in [2.05, 4.69) is 0 Å². The molecule has 0 saturated heterocycles. The van der Waals surface area contributed by atoms with Crippen LogP contribution in [-0.4, -0.2) is 15.4 Å². The molecular formula is C22H23F3N2O2. The number of halogens is 3. The molecule has 1 saturated carbocycles. The third-order valence-electron chi connectivity index (χ3n) is 6.46. The number of carbonyl (C=O) groups is 1. The molecule has 2 heterocycles. The molecule has 1 amide bonds. The lowest BCUT2D eigenvalue weighted by atomic mass is 10.0. The lowest BCUT2D eigenvalue weighted by molar-refractivity contribution is -0.137. The minimum atomic E-state index is -4.33. The second-order valence-corrected chi connectivity index (χ2v) is 8.22. The second-order valence-electron chi connectivity index (χ2n) is 8.22. The zero-order valence-corrected chi connectivity index (χ0v) is 16.6. The van der Waals surface area contributed by atoms with E-state index in [1.165, 1.54) is 12.1 Å². The molecule has 1 fully saturated rings. The van der Waals surface area contributed by atoms with E-state index in [1.54, 1.807) is 23.4 Å². The molecular weight excluding hydrogens is 381 g/mol. The Balaban J connectivity index is 1.41. The Labute approximate surface area is 167 Å². The number of hydrogen-bond donors (Lipinski definition) is 0. The second kappa shape index (κ2) is 6.75. The first-order valence-corrected chi connectivity index (χ1v) is 9.70. The summed E-state index contributed by atoms with van der Waals surface area (Å²) in [4.78, 5) is 26.9. The van der Waals surface area contributed by atoms with Gasteiger partial charge in [-0.05, 0) is 60.9 Å². The number of rotatable bonds is 3. The number of pyridine rings is 1. The molecule has 2 atom stereocenters. The maximum atomic E-state index is 12.8. The summed E-state index contributed by atoms with van der Waals surface area (Å²) >= 11 is 0. The predicted octanol–water partition coefficient (Wildman–Crippen LogP) is 4.06. The van der Waals surface area contributed by atoms with Crippen LogP contribution in [0.15, 0.2) is 29.1 Å². The van der Waals surface area contributed by atoms with E-state index in [4.69, 9.17) is 0 Å². The average Bonchev–Trinajstić information content (AvgIpc) is 3.29. The molecule has 0 spiro atoms. The van der Waals surface area contributed by atoms with Gasteiger partial charge >= 0.3 is 6.18 Å². The number of hydrogen-bond acceptors (Lipinski definition) is 2. The lowest BCUT2D eigenvalue weighted by Gasteiger charge is -2.15. The van der Waals surface area contributed by atoms with Gasteiger partial charge in [0.25, 0.3) is 5.56 Å². The Kier molecular flexibility index (Phi) is 4.59. The van der Waals surface area contributed by atoms with Crippen LogP contribution >= 0.6 is 0 Å². The van der Waals surface area contributed by atoms with E-state index < -0.39 is 11.7 Å². The minimum absolute atomic E-state index is 0.0277. The highest BCUT2D eigenvalue weighted by Gasteiger charge is 2.41. The maximum Gasteiger partial charge on any atom is 0.416 e. The Morgan fingerprint density at radius 1 is 1.10 bits per heavy atom. The van der Waals surface area contributed by atoms with E-state index in [0.29, 0.717) is 25.1 Å². The standard InChI is InChI=1S/C22H23F3N2O2/c1-12-13(2)21(29)26(3)19-11-27(10-18(12)19)20(28)9-15-8-17(15)14-4-6-16(7-5-14)22(23,24)25/h4-7,15,17H,8-11H2,1-3H3. The first-order chi connectivity index (χ1) is 13.6. The van der Waals surface area contributed by atoms with Crippen molar-refractivity contribution in [1.29, 1.82) is 0 Å². The van der Waals surface area contributed by atoms with Crippen LogP contribution in [0.3, 0.4) is 0 Å². The molecule has 29 heavy (non-hydrogen) atoms. The number of carbonyl (C=O) groups excluding carboxylic acids is 1. The van der Waals surface area contributed by atoms with Crippen LogP contribution in [0.2, 0.25) is 0 Å². The molecule has 1 aliphatic heterocycles. The Morgan fingerprint density at radius 3 is 2.38 bits per heavy atom. The van der Waals surface area contributed by atoms with E-state index >= 15 is 0 Å². The van der Waals surface area contributed by atoms with Gasteiger partial charge in [-0.25, -0.2) is 0 Å². The van der Waals surface area contributed by atoms with Crippen LogP contribution < -0.4 is 5.56 Å². The molecule has 7 heteroatoms. The van der Waals surface area contributed by atoms with Gasteiger partial charge in [0, 0.05) is 31.3 Å². The van der Waals surface area contributed by atoms with E-state index in [0.717, 1.165) is 40.9 Å². The average molecular weight is 404 g/mol. The number of benzene rings is 1. The molecule has 1 aromatic carbocycles. The van der Waals surface area contributed by atoms with Gasteiger partial charge in [-0.1, -0.05) is 12.1 Å². The van der Waals surface area contributed by atoms with Gasteiger partial charge in [-0.15, -0.1) is 0 Å². The van der Waals surface area contributed by atoms with Crippen LogP contribution in [0.25, 0.3) is 0 Å². The molecule has 2 aromatic rings. The molecule has 4 nitrogen and oxygen atoms in total. The van der Waals surface area contributed by atoms with Crippen LogP contribution in [0.1, 0.15) is 52.3 Å². The third-order valence-corrected chi connectivity index (χ3v) is 6.46. The van der Waals surface area contributed by atoms with Gasteiger partial charge in [-0.2, -0.15) is 13.2 Å². The van der Waals surface area contributed by atoms with Gasteiger partial charge in [0.2, 0.25) is 5.91 Å². The van der Waals surface area contributed by atoms with E-state index in [1.807, 2.05) is 6.92 Å². The van der Waals surface area contributed by atoms with Gasteiger partial charge in [0.15, 0.2) is 0 Å². The fourth-order valence-electron chi connectivity index (χ4n) is 4.35. The predicted molar refractivity (Wildman–Crippen MR) is 102 cm³/mol. The van der Waals surface area contributed by atoms with Crippen molar-refractivity contribution in [3.8, 4) is 0 Å². The van der Waals surface area contributed by atoms with Crippen molar-refractivity contribution in [2.75, 3.05) is 0 Å². The largest absolute Gasteiger partial charge is 0.416 e. The summed E-state index contributed by atoms with van der Waals surface area (Å²) in [6.07, 6.45) is -3.14. The highest BCUT2D eigenvalue weighted by atomic mass is 19.4. The zero-order valence-electron chi connectivity index (χ0n) is 16.6. The Morgan fingerprint density at radius 2 is 1.76 bits per heavy atom. The molecule has 154 valence electrons. The third kappa shape index (κ3) is 3.47. The fraction of sp³-hybridized carbons (Fsp3) is 0.455. The fourth-order valence-corrected chi connectivity index (χ4v) is 4.35. The van der Waals surface area contributed by atoms with Crippen LogP contribution in [0.5, 0.6) is 0 Å². The first-order valence-electron chi connectivity index (χ1n) is 9.70. The normalized spacial score (nSPS) is 20.7. The molecule has 4 rings (SSSR count). The summed E-state index contributed by atoms with van der Waals surface area (Å²) in [7, 11) is 1.74. The summed E-state index contributed by atoms with van der Waals surface area (Å²) < 4.78 is 39.7. The van der Waals surface area contributed by atoms with Crippen molar-refractivity contribution in [3.63, 3.8) is 0 Å². The van der Waals surface area contributed by atoms with E-state index in [-0.39, 0.29) is 23.3 Å². The summed E-state index contributed by atoms with van der Waals surface area (Å²) in [5.41, 5.74) is 3.78. The lowest BCUT2D eigenvalue weighted by Crippen LogP contribution is -2.27. The molecule has 0 N–H and O–H groups in total. The maximum absolute atomic E-state index is 12.8.